The molecule has 0 bridgehead atoms. The number of carbonyl (C=O) groups is 1. The first-order valence-corrected chi connectivity index (χ1v) is 13.9. The molecule has 1 saturated carbocycles. The molecule has 0 saturated heterocycles. The van der Waals surface area contributed by atoms with E-state index >= 15 is 0 Å². The Bertz CT molecular complexity index is 1670. The molecule has 1 atom stereocenters. The van der Waals surface area contributed by atoms with Crippen LogP contribution >= 0.6 is 0 Å². The summed E-state index contributed by atoms with van der Waals surface area (Å²) in [4.78, 5) is 17.0. The van der Waals surface area contributed by atoms with Gasteiger partial charge in [-0.2, -0.15) is 0 Å². The topological polar surface area (TPSA) is 93.3 Å². The number of aryl methyl sites for hydroxylation is 1. The van der Waals surface area contributed by atoms with E-state index in [0.29, 0.717) is 34.9 Å². The maximum atomic E-state index is 13.0. The minimum absolute atomic E-state index is 0.499. The molecule has 0 spiro atoms. The Hall–Kier alpha value is -4.36. The second-order valence-electron chi connectivity index (χ2n) is 9.84. The number of aliphatic carboxylic acids is 1. The minimum Gasteiger partial charge on any atom is -0.481 e. The zero-order valence-corrected chi connectivity index (χ0v) is 22.2. The third kappa shape index (κ3) is 4.81. The largest absolute Gasteiger partial charge is 0.481 e. The van der Waals surface area contributed by atoms with E-state index in [0.717, 1.165) is 39.2 Å². The summed E-state index contributed by atoms with van der Waals surface area (Å²) in [6.45, 7) is 1.91. The number of carboxylic acid groups (broad SMARTS) is 1. The van der Waals surface area contributed by atoms with Gasteiger partial charge in [-0.25, -0.2) is 9.19 Å². The molecule has 7 heteroatoms. The van der Waals surface area contributed by atoms with Crippen molar-refractivity contribution in [3.05, 3.63) is 120 Å². The van der Waals surface area contributed by atoms with Gasteiger partial charge < -0.3 is 9.63 Å². The Labute approximate surface area is 228 Å². The van der Waals surface area contributed by atoms with Crippen LogP contribution in [0.4, 0.5) is 0 Å². The molecule has 6 nitrogen and oxygen atoms in total. The van der Waals surface area contributed by atoms with Gasteiger partial charge in [-0.05, 0) is 60.7 Å². The number of hydrogen-bond acceptors (Lipinski definition) is 5. The predicted octanol–water partition coefficient (Wildman–Crippen LogP) is 6.59. The van der Waals surface area contributed by atoms with E-state index in [1.54, 1.807) is 6.07 Å². The van der Waals surface area contributed by atoms with Crippen molar-refractivity contribution in [2.24, 2.45) is 0 Å². The number of aromatic nitrogens is 2. The van der Waals surface area contributed by atoms with Gasteiger partial charge in [0.1, 0.15) is 15.8 Å². The maximum absolute atomic E-state index is 13.0. The van der Waals surface area contributed by atoms with Crippen molar-refractivity contribution in [2.45, 2.75) is 41.5 Å². The van der Waals surface area contributed by atoms with E-state index in [1.807, 2.05) is 97.9 Å². The van der Waals surface area contributed by atoms with Crippen molar-refractivity contribution in [3.63, 3.8) is 0 Å². The van der Waals surface area contributed by atoms with Gasteiger partial charge >= 0.3 is 5.97 Å². The van der Waals surface area contributed by atoms with Crippen molar-refractivity contribution in [1.82, 2.24) is 10.1 Å². The van der Waals surface area contributed by atoms with Gasteiger partial charge in [-0.3, -0.25) is 4.79 Å². The molecule has 39 heavy (non-hydrogen) atoms. The Morgan fingerprint density at radius 2 is 1.51 bits per heavy atom. The Balaban J connectivity index is 1.23. The normalized spacial score (nSPS) is 14.6. The van der Waals surface area contributed by atoms with Crippen LogP contribution < -0.4 is 0 Å². The number of benzene rings is 3. The van der Waals surface area contributed by atoms with Gasteiger partial charge in [-0.1, -0.05) is 78.0 Å². The molecule has 3 aromatic carbocycles. The molecule has 2 heterocycles. The molecule has 0 aliphatic heterocycles. The molecule has 6 rings (SSSR count). The summed E-state index contributed by atoms with van der Waals surface area (Å²) in [5.74, 6) is -0.0629. The molecule has 1 aliphatic rings. The van der Waals surface area contributed by atoms with Gasteiger partial charge in [0.25, 0.3) is 0 Å². The fraction of sp³-hybridized carbons (Fsp3) is 0.156. The molecule has 194 valence electrons. The summed E-state index contributed by atoms with van der Waals surface area (Å²) >= 11 is 0. The van der Waals surface area contributed by atoms with Crippen molar-refractivity contribution < 1.29 is 18.6 Å². The van der Waals surface area contributed by atoms with Crippen molar-refractivity contribution in [1.29, 1.82) is 0 Å². The summed E-state index contributed by atoms with van der Waals surface area (Å²) in [5, 5.41) is 14.3. The molecular weight excluding hydrogens is 508 g/mol. The van der Waals surface area contributed by atoms with Crippen LogP contribution in [0.15, 0.2) is 112 Å². The highest BCUT2D eigenvalue weighted by atomic mass is 32.2. The smallest absolute Gasteiger partial charge is 0.314 e. The predicted molar refractivity (Wildman–Crippen MR) is 149 cm³/mol. The molecule has 1 aliphatic carbocycles. The van der Waals surface area contributed by atoms with Crippen LogP contribution in [0.5, 0.6) is 0 Å². The first-order chi connectivity index (χ1) is 18.9. The monoisotopic (exact) mass is 534 g/mol. The number of hydrogen-bond donors (Lipinski definition) is 1. The first-order valence-electron chi connectivity index (χ1n) is 12.8. The van der Waals surface area contributed by atoms with E-state index in [-0.39, 0.29) is 0 Å². The molecule has 1 N–H and O–H groups in total. The molecule has 2 aromatic heterocycles. The summed E-state index contributed by atoms with van der Waals surface area (Å²) < 4.78 is 18.7. The zero-order chi connectivity index (χ0) is 27.0. The average Bonchev–Trinajstić information content (AvgIpc) is 3.73. The minimum atomic E-state index is -1.36. The molecule has 0 radical (unpaired) electrons. The quantitative estimate of drug-likeness (QED) is 0.242. The standard InChI is InChI=1S/C32H26N2O4S/c1-21-28(20-26-6-5-9-29(33-26)39(37)27-7-3-2-4-8-27)30(38-34-21)24-12-10-22(11-13-24)23-14-16-25(17-15-23)32(18-19-32)31(35)36/h2-17H,18-20H2,1H3,(H,35,36). The highest BCUT2D eigenvalue weighted by Crippen LogP contribution is 2.48. The van der Waals surface area contributed by atoms with Crippen LogP contribution in [-0.4, -0.2) is 25.4 Å². The van der Waals surface area contributed by atoms with Gasteiger partial charge in [-0.15, -0.1) is 0 Å². The third-order valence-electron chi connectivity index (χ3n) is 7.35. The highest BCUT2D eigenvalue weighted by molar-refractivity contribution is 7.85. The van der Waals surface area contributed by atoms with E-state index < -0.39 is 22.2 Å². The lowest BCUT2D eigenvalue weighted by atomic mass is 9.93. The van der Waals surface area contributed by atoms with Crippen LogP contribution in [0, 0.1) is 6.92 Å². The maximum Gasteiger partial charge on any atom is 0.314 e. The highest BCUT2D eigenvalue weighted by Gasteiger charge is 2.51. The first kappa shape index (κ1) is 24.9. The lowest BCUT2D eigenvalue weighted by Gasteiger charge is -2.11. The number of rotatable bonds is 8. The van der Waals surface area contributed by atoms with Gasteiger partial charge in [0.2, 0.25) is 0 Å². The molecule has 1 fully saturated rings. The SMILES string of the molecule is Cc1noc(-c2ccc(-c3ccc(C4(C(=O)O)CC4)cc3)cc2)c1Cc1cccc(S(=O)c2ccccc2)n1. The second-order valence-corrected chi connectivity index (χ2v) is 11.3. The summed E-state index contributed by atoms with van der Waals surface area (Å²) in [5.41, 5.74) is 5.62. The van der Waals surface area contributed by atoms with E-state index in [2.05, 4.69) is 10.1 Å². The second kappa shape index (κ2) is 10.1. The van der Waals surface area contributed by atoms with E-state index in [9.17, 15) is 14.1 Å². The van der Waals surface area contributed by atoms with Crippen LogP contribution in [0.2, 0.25) is 0 Å². The van der Waals surface area contributed by atoms with Crippen molar-refractivity contribution in [2.75, 3.05) is 0 Å². The number of carboxylic acids is 1. The molecular formula is C32H26N2O4S. The molecule has 0 amide bonds. The number of pyridine rings is 1. The summed E-state index contributed by atoms with van der Waals surface area (Å²) in [6, 6.07) is 30.8. The van der Waals surface area contributed by atoms with Gasteiger partial charge in [0.15, 0.2) is 5.76 Å². The van der Waals surface area contributed by atoms with E-state index in [4.69, 9.17) is 4.52 Å². The van der Waals surface area contributed by atoms with Crippen LogP contribution in [-0.2, 0) is 27.4 Å². The lowest BCUT2D eigenvalue weighted by Crippen LogP contribution is -2.19. The van der Waals surface area contributed by atoms with Crippen molar-refractivity contribution >= 4 is 16.8 Å². The van der Waals surface area contributed by atoms with Crippen LogP contribution in [0.3, 0.4) is 0 Å². The summed E-state index contributed by atoms with van der Waals surface area (Å²) in [6.07, 6.45) is 1.89. The average molecular weight is 535 g/mol. The molecule has 1 unspecified atom stereocenters. The van der Waals surface area contributed by atoms with Crippen LogP contribution in [0.25, 0.3) is 22.5 Å². The van der Waals surface area contributed by atoms with Gasteiger partial charge in [0.05, 0.1) is 11.1 Å². The third-order valence-corrected chi connectivity index (χ3v) is 8.66. The Morgan fingerprint density at radius 3 is 2.15 bits per heavy atom. The lowest BCUT2D eigenvalue weighted by molar-refractivity contribution is -0.140. The summed E-state index contributed by atoms with van der Waals surface area (Å²) in [7, 11) is -1.36. The van der Waals surface area contributed by atoms with Crippen molar-refractivity contribution in [3.8, 4) is 22.5 Å². The Kier molecular flexibility index (Phi) is 6.45. The fourth-order valence-electron chi connectivity index (χ4n) is 4.88. The fourth-order valence-corrected chi connectivity index (χ4v) is 5.92. The Morgan fingerprint density at radius 1 is 0.872 bits per heavy atom. The molecule has 5 aromatic rings. The van der Waals surface area contributed by atoms with Crippen LogP contribution in [0.1, 0.15) is 35.4 Å². The van der Waals surface area contributed by atoms with E-state index in [1.165, 1.54) is 0 Å². The number of nitrogens with zero attached hydrogens (tertiary/aromatic N) is 2. The van der Waals surface area contributed by atoms with Gasteiger partial charge in [0, 0.05) is 28.1 Å². The zero-order valence-electron chi connectivity index (χ0n) is 21.3.